The molecule has 1 aliphatic rings. The van der Waals surface area contributed by atoms with E-state index in [0.29, 0.717) is 17.7 Å². The fourth-order valence-corrected chi connectivity index (χ4v) is 3.89. The Balaban J connectivity index is 1.62. The summed E-state index contributed by atoms with van der Waals surface area (Å²) in [6.45, 7) is 0. The molecular weight excluding hydrogens is 435 g/mol. The van der Waals surface area contributed by atoms with E-state index >= 15 is 0 Å². The largest absolute Gasteiger partial charge is 0.468 e. The zero-order valence-corrected chi connectivity index (χ0v) is 17.4. The molecule has 1 heterocycles. The maximum atomic E-state index is 14.4. The highest BCUT2D eigenvalue weighted by molar-refractivity contribution is 8.15. The molecule has 30 heavy (non-hydrogen) atoms. The molecule has 0 aliphatic carbocycles. The molecule has 0 aromatic heterocycles. The first-order valence-electron chi connectivity index (χ1n) is 8.90. The minimum atomic E-state index is -0.691. The van der Waals surface area contributed by atoms with Crippen LogP contribution in [0.25, 0.3) is 0 Å². The number of thioether (sulfide) groups is 1. The third kappa shape index (κ3) is 5.50. The van der Waals surface area contributed by atoms with Gasteiger partial charge in [0.25, 0.3) is 5.24 Å². The van der Waals surface area contributed by atoms with E-state index in [2.05, 4.69) is 14.9 Å². The Bertz CT molecular complexity index is 957. The number of nitrogens with one attached hydrogen (secondary N) is 2. The van der Waals surface area contributed by atoms with Crippen molar-refractivity contribution in [1.29, 1.82) is 0 Å². The summed E-state index contributed by atoms with van der Waals surface area (Å²) in [5, 5.41) is 1.25. The third-order valence-electron chi connectivity index (χ3n) is 4.39. The molecule has 2 aromatic carbocycles. The first kappa shape index (κ1) is 22.1. The van der Waals surface area contributed by atoms with E-state index in [0.717, 1.165) is 17.3 Å². The zero-order valence-electron chi connectivity index (χ0n) is 15.8. The van der Waals surface area contributed by atoms with Crippen molar-refractivity contribution in [3.05, 3.63) is 59.4 Å². The third-order valence-corrected chi connectivity index (χ3v) is 5.64. The first-order chi connectivity index (χ1) is 14.4. The number of amides is 2. The van der Waals surface area contributed by atoms with Gasteiger partial charge in [0.05, 0.1) is 12.4 Å². The van der Waals surface area contributed by atoms with Gasteiger partial charge in [0.1, 0.15) is 11.8 Å². The lowest BCUT2D eigenvalue weighted by Crippen LogP contribution is -2.33. The summed E-state index contributed by atoms with van der Waals surface area (Å²) in [4.78, 5) is 36.8. The second kappa shape index (κ2) is 9.92. The van der Waals surface area contributed by atoms with Crippen LogP contribution in [-0.4, -0.2) is 35.5 Å². The average Bonchev–Trinajstić information content (AvgIpc) is 3.05. The topological polar surface area (TPSA) is 93.7 Å². The zero-order chi connectivity index (χ0) is 21.7. The summed E-state index contributed by atoms with van der Waals surface area (Å²) in [5.41, 5.74) is 1.39. The molecular formula is C20H18ClFN2O5S. The number of carbonyl (C=O) groups is 3. The number of methoxy groups -OCH3 is 1. The van der Waals surface area contributed by atoms with E-state index in [1.54, 1.807) is 30.3 Å². The van der Waals surface area contributed by atoms with Gasteiger partial charge >= 0.3 is 5.97 Å². The van der Waals surface area contributed by atoms with Gasteiger partial charge in [-0.25, -0.2) is 9.23 Å². The SMILES string of the molecule is COC(=O)[C@H](Cc1ccc(Oc2ccc(CC3SC(=O)NC3=O)cc2F)cc1)NCl. The number of imide groups is 1. The van der Waals surface area contributed by atoms with Crippen LogP contribution < -0.4 is 14.9 Å². The van der Waals surface area contributed by atoms with Crippen molar-refractivity contribution in [2.24, 2.45) is 0 Å². The summed E-state index contributed by atoms with van der Waals surface area (Å²) in [7, 11) is 1.28. The van der Waals surface area contributed by atoms with Crippen molar-refractivity contribution in [2.45, 2.75) is 24.1 Å². The van der Waals surface area contributed by atoms with Crippen LogP contribution in [0.15, 0.2) is 42.5 Å². The van der Waals surface area contributed by atoms with Gasteiger partial charge in [-0.2, -0.15) is 0 Å². The van der Waals surface area contributed by atoms with E-state index in [1.165, 1.54) is 19.2 Å². The number of carbonyl (C=O) groups excluding carboxylic acids is 3. The van der Waals surface area contributed by atoms with E-state index in [-0.39, 0.29) is 18.1 Å². The maximum absolute atomic E-state index is 14.4. The smallest absolute Gasteiger partial charge is 0.324 e. The number of ether oxygens (including phenoxy) is 2. The fourth-order valence-electron chi connectivity index (χ4n) is 2.86. The summed E-state index contributed by atoms with van der Waals surface area (Å²) >= 11 is 6.47. The van der Waals surface area contributed by atoms with E-state index in [9.17, 15) is 18.8 Å². The molecule has 7 nitrogen and oxygen atoms in total. The monoisotopic (exact) mass is 452 g/mol. The summed E-state index contributed by atoms with van der Waals surface area (Å²) in [5.74, 6) is -0.991. The van der Waals surface area contributed by atoms with Crippen molar-refractivity contribution in [3.8, 4) is 11.5 Å². The van der Waals surface area contributed by atoms with Crippen LogP contribution in [0.3, 0.4) is 0 Å². The number of halogens is 2. The van der Waals surface area contributed by atoms with E-state index < -0.39 is 28.3 Å². The molecule has 0 bridgehead atoms. The molecule has 2 aromatic rings. The van der Waals surface area contributed by atoms with Crippen LogP contribution in [0, 0.1) is 5.82 Å². The van der Waals surface area contributed by atoms with Crippen molar-refractivity contribution >= 4 is 40.7 Å². The van der Waals surface area contributed by atoms with Gasteiger partial charge in [0.15, 0.2) is 11.6 Å². The van der Waals surface area contributed by atoms with Crippen molar-refractivity contribution in [3.63, 3.8) is 0 Å². The molecule has 0 spiro atoms. The van der Waals surface area contributed by atoms with Crippen molar-refractivity contribution in [1.82, 2.24) is 10.2 Å². The van der Waals surface area contributed by atoms with Gasteiger partial charge in [-0.1, -0.05) is 30.0 Å². The lowest BCUT2D eigenvalue weighted by molar-refractivity contribution is -0.142. The summed E-state index contributed by atoms with van der Waals surface area (Å²) < 4.78 is 24.7. The lowest BCUT2D eigenvalue weighted by Gasteiger charge is -2.13. The van der Waals surface area contributed by atoms with E-state index in [4.69, 9.17) is 16.5 Å². The molecule has 1 unspecified atom stereocenters. The molecule has 0 radical (unpaired) electrons. The molecule has 2 N–H and O–H groups in total. The second-order valence-corrected chi connectivity index (χ2v) is 7.88. The normalized spacial score (nSPS) is 16.8. The van der Waals surface area contributed by atoms with Crippen molar-refractivity contribution < 1.29 is 28.2 Å². The predicted molar refractivity (Wildman–Crippen MR) is 110 cm³/mol. The molecule has 0 saturated carbocycles. The van der Waals surface area contributed by atoms with E-state index in [1.807, 2.05) is 0 Å². The summed E-state index contributed by atoms with van der Waals surface area (Å²) in [6, 6.07) is 10.5. The van der Waals surface area contributed by atoms with Crippen LogP contribution in [0.1, 0.15) is 11.1 Å². The molecule has 2 amide bonds. The average molecular weight is 453 g/mol. The van der Waals surface area contributed by atoms with Crippen LogP contribution in [0.2, 0.25) is 0 Å². The number of hydrogen-bond donors (Lipinski definition) is 2. The number of esters is 1. The molecule has 10 heteroatoms. The van der Waals surface area contributed by atoms with Gasteiger partial charge < -0.3 is 9.47 Å². The molecule has 1 aliphatic heterocycles. The molecule has 3 rings (SSSR count). The van der Waals surface area contributed by atoms with Gasteiger partial charge in [-0.05, 0) is 60.0 Å². The quantitative estimate of drug-likeness (QED) is 0.468. The van der Waals surface area contributed by atoms with Crippen LogP contribution >= 0.6 is 23.5 Å². The summed E-state index contributed by atoms with van der Waals surface area (Å²) in [6.07, 6.45) is 0.554. The number of benzene rings is 2. The van der Waals surface area contributed by atoms with Crippen LogP contribution in [0.4, 0.5) is 9.18 Å². The van der Waals surface area contributed by atoms with Gasteiger partial charge in [0, 0.05) is 0 Å². The highest BCUT2D eigenvalue weighted by Gasteiger charge is 2.31. The minimum Gasteiger partial charge on any atom is -0.468 e. The standard InChI is InChI=1S/C20H18ClFN2O5S/c1-28-19(26)15(24-21)9-11-2-5-13(6-3-11)29-16-7-4-12(8-14(16)22)10-17-18(25)23-20(27)30-17/h2-8,15,17,24H,9-10H2,1H3,(H,23,25,27)/t15-,17?/m0/s1. The maximum Gasteiger partial charge on any atom is 0.324 e. The van der Waals surface area contributed by atoms with Crippen molar-refractivity contribution in [2.75, 3.05) is 7.11 Å². The Labute approximate surface area is 181 Å². The Kier molecular flexibility index (Phi) is 7.30. The highest BCUT2D eigenvalue weighted by Crippen LogP contribution is 2.28. The van der Waals surface area contributed by atoms with Crippen LogP contribution in [-0.2, 0) is 27.2 Å². The lowest BCUT2D eigenvalue weighted by atomic mass is 10.1. The molecule has 2 atom stereocenters. The Hall–Kier alpha value is -2.62. The minimum absolute atomic E-state index is 0.0287. The van der Waals surface area contributed by atoms with Gasteiger partial charge in [0.2, 0.25) is 5.91 Å². The number of hydrogen-bond acceptors (Lipinski definition) is 7. The molecule has 1 saturated heterocycles. The van der Waals surface area contributed by atoms with Gasteiger partial charge in [-0.3, -0.25) is 19.7 Å². The van der Waals surface area contributed by atoms with Crippen LogP contribution in [0.5, 0.6) is 11.5 Å². The molecule has 158 valence electrons. The second-order valence-electron chi connectivity index (χ2n) is 6.49. The Morgan fingerprint density at radius 3 is 2.50 bits per heavy atom. The van der Waals surface area contributed by atoms with Gasteiger partial charge in [-0.15, -0.1) is 0 Å². The first-order valence-corrected chi connectivity index (χ1v) is 10.2. The highest BCUT2D eigenvalue weighted by atomic mass is 35.5. The predicted octanol–water partition coefficient (Wildman–Crippen LogP) is 3.34. The Morgan fingerprint density at radius 1 is 1.23 bits per heavy atom. The Morgan fingerprint density at radius 2 is 1.93 bits per heavy atom. The molecule has 1 fully saturated rings. The number of rotatable bonds is 8. The fraction of sp³-hybridized carbons (Fsp3) is 0.250.